The highest BCUT2D eigenvalue weighted by Crippen LogP contribution is 2.30. The molecular weight excluding hydrogens is 494 g/mol. The van der Waals surface area contributed by atoms with Gasteiger partial charge in [0.15, 0.2) is 11.5 Å². The number of ether oxygens (including phenoxy) is 1. The molecule has 0 saturated heterocycles. The summed E-state index contributed by atoms with van der Waals surface area (Å²) in [6, 6.07) is 23.2. The molecular formula is C27H23N3O6S. The molecule has 9 nitrogen and oxygen atoms in total. The van der Waals surface area contributed by atoms with Gasteiger partial charge in [-0.15, -0.1) is 0 Å². The van der Waals surface area contributed by atoms with Crippen molar-refractivity contribution in [3.05, 3.63) is 96.1 Å². The molecule has 4 rings (SSSR count). The molecule has 2 amide bonds. The normalized spacial score (nSPS) is 11.3. The average molecular weight is 518 g/mol. The summed E-state index contributed by atoms with van der Waals surface area (Å²) in [5, 5.41) is 8.50. The Morgan fingerprint density at radius 2 is 1.59 bits per heavy atom. The van der Waals surface area contributed by atoms with E-state index in [9.17, 15) is 18.0 Å². The lowest BCUT2D eigenvalue weighted by Gasteiger charge is -2.12. The smallest absolute Gasteiger partial charge is 0.339 e. The van der Waals surface area contributed by atoms with Crippen LogP contribution >= 0.6 is 0 Å². The molecule has 0 radical (unpaired) electrons. The molecule has 37 heavy (non-hydrogen) atoms. The molecule has 188 valence electrons. The van der Waals surface area contributed by atoms with Crippen LogP contribution in [0.25, 0.3) is 10.8 Å². The van der Waals surface area contributed by atoms with Crippen molar-refractivity contribution in [2.24, 2.45) is 5.10 Å². The van der Waals surface area contributed by atoms with Crippen molar-refractivity contribution in [2.45, 2.75) is 11.8 Å². The zero-order chi connectivity index (χ0) is 26.4. The molecule has 10 heteroatoms. The Morgan fingerprint density at radius 3 is 2.30 bits per heavy atom. The number of carbonyl (C=O) groups is 2. The molecule has 0 aliphatic rings. The van der Waals surface area contributed by atoms with Gasteiger partial charge in [0.2, 0.25) is 5.91 Å². The van der Waals surface area contributed by atoms with Crippen LogP contribution < -0.4 is 19.7 Å². The second-order valence-electron chi connectivity index (χ2n) is 7.91. The summed E-state index contributed by atoms with van der Waals surface area (Å²) in [5.41, 5.74) is 3.83. The Morgan fingerprint density at radius 1 is 0.865 bits per heavy atom. The van der Waals surface area contributed by atoms with Crippen LogP contribution in [0, 0.1) is 0 Å². The first-order valence-corrected chi connectivity index (χ1v) is 12.5. The third kappa shape index (κ3) is 6.30. The minimum Gasteiger partial charge on any atom is -0.493 e. The third-order valence-corrected chi connectivity index (χ3v) is 6.49. The van der Waals surface area contributed by atoms with E-state index in [0.717, 1.165) is 10.8 Å². The van der Waals surface area contributed by atoms with Crippen molar-refractivity contribution in [1.82, 2.24) is 5.43 Å². The Balaban J connectivity index is 1.48. The highest BCUT2D eigenvalue weighted by atomic mass is 32.2. The number of fused-ring (bicyclic) bond motifs is 1. The highest BCUT2D eigenvalue weighted by Gasteiger charge is 2.19. The zero-order valence-corrected chi connectivity index (χ0v) is 20.8. The van der Waals surface area contributed by atoms with Gasteiger partial charge in [-0.25, -0.2) is 5.43 Å². The summed E-state index contributed by atoms with van der Waals surface area (Å²) in [7, 11) is -2.82. The zero-order valence-electron chi connectivity index (χ0n) is 20.0. The largest absolute Gasteiger partial charge is 0.493 e. The molecule has 0 bridgehead atoms. The van der Waals surface area contributed by atoms with Gasteiger partial charge in [0.25, 0.3) is 5.91 Å². The SMILES string of the molecule is COc1ccc(C=NNC(=O)c2ccc3ccccc3c2)cc1OS(=O)(=O)c1ccc(NC(C)=O)cc1. The first kappa shape index (κ1) is 25.4. The topological polar surface area (TPSA) is 123 Å². The van der Waals surface area contributed by atoms with Gasteiger partial charge < -0.3 is 14.2 Å². The lowest BCUT2D eigenvalue weighted by Crippen LogP contribution is -2.17. The summed E-state index contributed by atoms with van der Waals surface area (Å²) in [6.07, 6.45) is 1.36. The molecule has 0 heterocycles. The maximum atomic E-state index is 12.8. The van der Waals surface area contributed by atoms with Crippen molar-refractivity contribution in [3.63, 3.8) is 0 Å². The molecule has 0 spiro atoms. The summed E-state index contributed by atoms with van der Waals surface area (Å²) in [5.74, 6) is -0.533. The van der Waals surface area contributed by atoms with Gasteiger partial charge in [0, 0.05) is 18.2 Å². The number of hydrogen-bond acceptors (Lipinski definition) is 7. The molecule has 4 aromatic rings. The van der Waals surface area contributed by atoms with E-state index in [1.54, 1.807) is 18.2 Å². The minimum absolute atomic E-state index is 0.0572. The standard InChI is InChI=1S/C27H23N3O6S/c1-18(31)29-23-10-12-24(13-11-23)37(33,34)36-26-15-19(7-14-25(26)35-2)17-28-30-27(32)22-9-8-20-5-3-4-6-21(20)16-22/h3-17H,1-2H3,(H,29,31)(H,30,32). The Kier molecular flexibility index (Phi) is 7.49. The maximum absolute atomic E-state index is 12.8. The lowest BCUT2D eigenvalue weighted by atomic mass is 10.1. The van der Waals surface area contributed by atoms with E-state index in [-0.39, 0.29) is 22.3 Å². The molecule has 0 atom stereocenters. The Labute approximate surface area is 213 Å². The van der Waals surface area contributed by atoms with Crippen molar-refractivity contribution < 1.29 is 26.9 Å². The summed E-state index contributed by atoms with van der Waals surface area (Å²) < 4.78 is 36.2. The van der Waals surface area contributed by atoms with E-state index in [4.69, 9.17) is 8.92 Å². The quantitative estimate of drug-likeness (QED) is 0.204. The van der Waals surface area contributed by atoms with E-state index < -0.39 is 16.0 Å². The number of hydrazone groups is 1. The number of amides is 2. The summed E-state index contributed by atoms with van der Waals surface area (Å²) in [6.45, 7) is 1.35. The van der Waals surface area contributed by atoms with Crippen LogP contribution in [0.5, 0.6) is 11.5 Å². The van der Waals surface area contributed by atoms with Gasteiger partial charge >= 0.3 is 10.1 Å². The van der Waals surface area contributed by atoms with Gasteiger partial charge in [-0.3, -0.25) is 9.59 Å². The van der Waals surface area contributed by atoms with E-state index in [1.807, 2.05) is 30.3 Å². The number of benzene rings is 4. The number of anilines is 1. The van der Waals surface area contributed by atoms with Crippen LogP contribution in [0.3, 0.4) is 0 Å². The molecule has 2 N–H and O–H groups in total. The predicted molar refractivity (Wildman–Crippen MR) is 141 cm³/mol. The van der Waals surface area contributed by atoms with Crippen LogP contribution in [0.4, 0.5) is 5.69 Å². The number of carbonyl (C=O) groups excluding carboxylic acids is 2. The number of hydrogen-bond donors (Lipinski definition) is 2. The van der Waals surface area contributed by atoms with Gasteiger partial charge in [0.1, 0.15) is 4.90 Å². The molecule has 0 fully saturated rings. The fraction of sp³-hybridized carbons (Fsp3) is 0.0741. The highest BCUT2D eigenvalue weighted by molar-refractivity contribution is 7.87. The first-order chi connectivity index (χ1) is 17.7. The molecule has 0 aliphatic carbocycles. The molecule has 4 aromatic carbocycles. The van der Waals surface area contributed by atoms with E-state index in [2.05, 4.69) is 15.8 Å². The van der Waals surface area contributed by atoms with Gasteiger partial charge in [0.05, 0.1) is 13.3 Å². The summed E-state index contributed by atoms with van der Waals surface area (Å²) >= 11 is 0. The third-order valence-electron chi connectivity index (χ3n) is 5.24. The molecule has 0 aliphatic heterocycles. The van der Waals surface area contributed by atoms with Crippen LogP contribution in [-0.2, 0) is 14.9 Å². The fourth-order valence-electron chi connectivity index (χ4n) is 3.47. The number of rotatable bonds is 8. The average Bonchev–Trinajstić information content (AvgIpc) is 2.88. The number of nitrogens with zero attached hydrogens (tertiary/aromatic N) is 1. The summed E-state index contributed by atoms with van der Waals surface area (Å²) in [4.78, 5) is 23.6. The second kappa shape index (κ2) is 10.9. The van der Waals surface area contributed by atoms with Crippen LogP contribution in [0.1, 0.15) is 22.8 Å². The monoisotopic (exact) mass is 517 g/mol. The first-order valence-electron chi connectivity index (χ1n) is 11.1. The van der Waals surface area contributed by atoms with Gasteiger partial charge in [-0.1, -0.05) is 30.3 Å². The van der Waals surface area contributed by atoms with E-state index >= 15 is 0 Å². The van der Waals surface area contributed by atoms with Gasteiger partial charge in [-0.2, -0.15) is 13.5 Å². The van der Waals surface area contributed by atoms with Crippen molar-refractivity contribution >= 4 is 44.6 Å². The number of methoxy groups -OCH3 is 1. The van der Waals surface area contributed by atoms with Crippen molar-refractivity contribution in [3.8, 4) is 11.5 Å². The molecule has 0 unspecified atom stereocenters. The lowest BCUT2D eigenvalue weighted by molar-refractivity contribution is -0.114. The van der Waals surface area contributed by atoms with Crippen molar-refractivity contribution in [1.29, 1.82) is 0 Å². The second-order valence-corrected chi connectivity index (χ2v) is 9.46. The number of nitrogens with one attached hydrogen (secondary N) is 2. The van der Waals surface area contributed by atoms with Gasteiger partial charge in [-0.05, 0) is 70.9 Å². The Bertz CT molecular complexity index is 1600. The molecule has 0 aromatic heterocycles. The fourth-order valence-corrected chi connectivity index (χ4v) is 4.41. The molecule has 0 saturated carbocycles. The Hall–Kier alpha value is -4.70. The van der Waals surface area contributed by atoms with E-state index in [1.165, 1.54) is 56.6 Å². The van der Waals surface area contributed by atoms with Crippen LogP contribution in [0.15, 0.2) is 94.9 Å². The van der Waals surface area contributed by atoms with Crippen LogP contribution in [-0.4, -0.2) is 33.6 Å². The minimum atomic E-state index is -4.20. The van der Waals surface area contributed by atoms with E-state index in [0.29, 0.717) is 16.8 Å². The van der Waals surface area contributed by atoms with Crippen molar-refractivity contribution in [2.75, 3.05) is 12.4 Å². The predicted octanol–water partition coefficient (Wildman–Crippen LogP) is 4.34. The van der Waals surface area contributed by atoms with Crippen LogP contribution in [0.2, 0.25) is 0 Å². The maximum Gasteiger partial charge on any atom is 0.339 e.